The van der Waals surface area contributed by atoms with E-state index in [1.54, 1.807) is 12.1 Å². The van der Waals surface area contributed by atoms with E-state index in [4.69, 9.17) is 16.3 Å². The number of aryl methyl sites for hydroxylation is 1. The largest absolute Gasteiger partial charge is 0.495 e. The van der Waals surface area contributed by atoms with E-state index in [9.17, 15) is 18.0 Å². The zero-order valence-corrected chi connectivity index (χ0v) is 14.3. The Morgan fingerprint density at radius 1 is 1.16 bits per heavy atom. The Balaban J connectivity index is 2.10. The highest BCUT2D eigenvalue weighted by Crippen LogP contribution is 2.36. The van der Waals surface area contributed by atoms with Crippen LogP contribution in [0, 0.1) is 6.92 Å². The molecule has 2 aromatic rings. The Hall–Kier alpha value is -2.41. The van der Waals surface area contributed by atoms with Crippen molar-refractivity contribution in [3.05, 3.63) is 52.5 Å². The summed E-state index contributed by atoms with van der Waals surface area (Å²) in [5.74, 6) is -0.0478. The number of alkyl halides is 3. The zero-order chi connectivity index (χ0) is 18.6. The second-order valence-corrected chi connectivity index (χ2v) is 5.73. The molecule has 134 valence electrons. The molecule has 0 aromatic heterocycles. The fourth-order valence-electron chi connectivity index (χ4n) is 2.19. The lowest BCUT2D eigenvalue weighted by Crippen LogP contribution is -2.23. The molecular weight excluding hydrogens is 357 g/mol. The Bertz CT molecular complexity index is 779. The molecule has 0 fully saturated rings. The standard InChI is InChI=1S/C17H16ClF3N2O2/c1-10-3-6-15(25-2)14(7-10)23-16(24)9-22-13-5-4-11(18)8-12(13)17(19,20)21/h3-8,22H,9H2,1-2H3,(H,23,24). The molecule has 1 amide bonds. The van der Waals surface area contributed by atoms with Crippen molar-refractivity contribution in [1.29, 1.82) is 0 Å². The van der Waals surface area contributed by atoms with Gasteiger partial charge < -0.3 is 15.4 Å². The number of benzene rings is 2. The molecule has 2 N–H and O–H groups in total. The number of ether oxygens (including phenoxy) is 1. The molecule has 0 saturated heterocycles. The molecule has 8 heteroatoms. The van der Waals surface area contributed by atoms with Gasteiger partial charge >= 0.3 is 6.18 Å². The van der Waals surface area contributed by atoms with E-state index in [2.05, 4.69) is 10.6 Å². The van der Waals surface area contributed by atoms with E-state index in [-0.39, 0.29) is 17.3 Å². The summed E-state index contributed by atoms with van der Waals surface area (Å²) in [5.41, 5.74) is 0.201. The number of hydrogen-bond donors (Lipinski definition) is 2. The summed E-state index contributed by atoms with van der Waals surface area (Å²) in [6, 6.07) is 8.53. The first-order valence-corrected chi connectivity index (χ1v) is 7.63. The highest BCUT2D eigenvalue weighted by Gasteiger charge is 2.33. The third-order valence-corrected chi connectivity index (χ3v) is 3.59. The van der Waals surface area contributed by atoms with Gasteiger partial charge in [0.1, 0.15) is 5.75 Å². The van der Waals surface area contributed by atoms with Crippen LogP contribution in [0.25, 0.3) is 0 Å². The number of methoxy groups -OCH3 is 1. The van der Waals surface area contributed by atoms with Gasteiger partial charge in [0.05, 0.1) is 24.9 Å². The van der Waals surface area contributed by atoms with Crippen LogP contribution in [0.5, 0.6) is 5.75 Å². The van der Waals surface area contributed by atoms with E-state index in [0.717, 1.165) is 11.6 Å². The molecular formula is C17H16ClF3N2O2. The fraction of sp³-hybridized carbons (Fsp3) is 0.235. The van der Waals surface area contributed by atoms with Gasteiger partial charge in [-0.25, -0.2) is 0 Å². The van der Waals surface area contributed by atoms with E-state index in [1.165, 1.54) is 19.2 Å². The van der Waals surface area contributed by atoms with Crippen molar-refractivity contribution >= 4 is 28.9 Å². The number of carbonyl (C=O) groups is 1. The quantitative estimate of drug-likeness (QED) is 0.798. The van der Waals surface area contributed by atoms with Crippen molar-refractivity contribution in [2.24, 2.45) is 0 Å². The van der Waals surface area contributed by atoms with Crippen LogP contribution in [0.1, 0.15) is 11.1 Å². The molecule has 0 aliphatic heterocycles. The smallest absolute Gasteiger partial charge is 0.418 e. The highest BCUT2D eigenvalue weighted by molar-refractivity contribution is 6.30. The Morgan fingerprint density at radius 2 is 1.88 bits per heavy atom. The van der Waals surface area contributed by atoms with Gasteiger partial charge in [0.15, 0.2) is 0 Å². The first-order chi connectivity index (χ1) is 11.7. The molecule has 0 unspecified atom stereocenters. The number of hydrogen-bond acceptors (Lipinski definition) is 3. The number of anilines is 2. The van der Waals surface area contributed by atoms with Gasteiger partial charge in [-0.2, -0.15) is 13.2 Å². The van der Waals surface area contributed by atoms with Crippen LogP contribution >= 0.6 is 11.6 Å². The van der Waals surface area contributed by atoms with E-state index in [0.29, 0.717) is 11.4 Å². The van der Waals surface area contributed by atoms with Crippen molar-refractivity contribution in [3.63, 3.8) is 0 Å². The summed E-state index contributed by atoms with van der Waals surface area (Å²) < 4.78 is 44.2. The van der Waals surface area contributed by atoms with Crippen LogP contribution in [-0.2, 0) is 11.0 Å². The predicted octanol–water partition coefficient (Wildman–Crippen LogP) is 4.73. The van der Waals surface area contributed by atoms with Gasteiger partial charge in [0, 0.05) is 10.7 Å². The molecule has 0 atom stereocenters. The van der Waals surface area contributed by atoms with Crippen molar-refractivity contribution < 1.29 is 22.7 Å². The molecule has 0 saturated carbocycles. The summed E-state index contributed by atoms with van der Waals surface area (Å²) in [6.07, 6.45) is -4.58. The summed E-state index contributed by atoms with van der Waals surface area (Å²) in [5, 5.41) is 5.06. The Labute approximate surface area is 147 Å². The minimum absolute atomic E-state index is 0.0353. The fourth-order valence-corrected chi connectivity index (χ4v) is 2.37. The molecule has 0 aliphatic rings. The van der Waals surface area contributed by atoms with Gasteiger partial charge in [-0.1, -0.05) is 17.7 Å². The normalized spacial score (nSPS) is 11.1. The van der Waals surface area contributed by atoms with Crippen LogP contribution in [-0.4, -0.2) is 19.6 Å². The highest BCUT2D eigenvalue weighted by atomic mass is 35.5. The lowest BCUT2D eigenvalue weighted by Gasteiger charge is -2.15. The van der Waals surface area contributed by atoms with Gasteiger partial charge in [0.2, 0.25) is 5.91 Å². The monoisotopic (exact) mass is 372 g/mol. The summed E-state index contributed by atoms with van der Waals surface area (Å²) in [6.45, 7) is 1.50. The van der Waals surface area contributed by atoms with Crippen LogP contribution in [0.3, 0.4) is 0 Å². The van der Waals surface area contributed by atoms with E-state index >= 15 is 0 Å². The first-order valence-electron chi connectivity index (χ1n) is 7.26. The second kappa shape index (κ2) is 7.65. The van der Waals surface area contributed by atoms with Crippen molar-refractivity contribution in [3.8, 4) is 5.75 Å². The van der Waals surface area contributed by atoms with Gasteiger partial charge in [-0.3, -0.25) is 4.79 Å². The molecule has 4 nitrogen and oxygen atoms in total. The molecule has 0 bridgehead atoms. The second-order valence-electron chi connectivity index (χ2n) is 5.29. The number of nitrogens with one attached hydrogen (secondary N) is 2. The van der Waals surface area contributed by atoms with Crippen LogP contribution in [0.2, 0.25) is 5.02 Å². The number of rotatable bonds is 5. The molecule has 0 radical (unpaired) electrons. The molecule has 0 spiro atoms. The number of carbonyl (C=O) groups excluding carboxylic acids is 1. The lowest BCUT2D eigenvalue weighted by molar-refractivity contribution is -0.137. The topological polar surface area (TPSA) is 50.4 Å². The van der Waals surface area contributed by atoms with Gasteiger partial charge in [-0.05, 0) is 42.8 Å². The Kier molecular flexibility index (Phi) is 5.79. The minimum Gasteiger partial charge on any atom is -0.495 e. The maximum absolute atomic E-state index is 13.0. The maximum Gasteiger partial charge on any atom is 0.418 e. The summed E-state index contributed by atoms with van der Waals surface area (Å²) in [7, 11) is 1.46. The van der Waals surface area contributed by atoms with Crippen LogP contribution in [0.15, 0.2) is 36.4 Å². The van der Waals surface area contributed by atoms with Crippen molar-refractivity contribution in [1.82, 2.24) is 0 Å². The number of halogens is 4. The third-order valence-electron chi connectivity index (χ3n) is 3.36. The minimum atomic E-state index is -4.58. The molecule has 0 heterocycles. The lowest BCUT2D eigenvalue weighted by atomic mass is 10.1. The third kappa shape index (κ3) is 5.03. The summed E-state index contributed by atoms with van der Waals surface area (Å²) >= 11 is 5.62. The maximum atomic E-state index is 13.0. The first kappa shape index (κ1) is 18.9. The summed E-state index contributed by atoms with van der Waals surface area (Å²) in [4.78, 5) is 12.1. The van der Waals surface area contributed by atoms with Gasteiger partial charge in [0.25, 0.3) is 0 Å². The Morgan fingerprint density at radius 3 is 2.52 bits per heavy atom. The SMILES string of the molecule is COc1ccc(C)cc1NC(=O)CNc1ccc(Cl)cc1C(F)(F)F. The molecule has 2 aromatic carbocycles. The van der Waals surface area contributed by atoms with Crippen molar-refractivity contribution in [2.45, 2.75) is 13.1 Å². The van der Waals surface area contributed by atoms with E-state index < -0.39 is 17.6 Å². The molecule has 25 heavy (non-hydrogen) atoms. The number of amides is 1. The van der Waals surface area contributed by atoms with E-state index in [1.807, 2.05) is 13.0 Å². The predicted molar refractivity (Wildman–Crippen MR) is 91.3 cm³/mol. The zero-order valence-electron chi connectivity index (χ0n) is 13.5. The van der Waals surface area contributed by atoms with Crippen LogP contribution < -0.4 is 15.4 Å². The average molecular weight is 373 g/mol. The average Bonchev–Trinajstić information content (AvgIpc) is 2.53. The molecule has 0 aliphatic carbocycles. The van der Waals surface area contributed by atoms with Crippen molar-refractivity contribution in [2.75, 3.05) is 24.3 Å². The molecule has 2 rings (SSSR count). The van der Waals surface area contributed by atoms with Gasteiger partial charge in [-0.15, -0.1) is 0 Å². The van der Waals surface area contributed by atoms with Crippen LogP contribution in [0.4, 0.5) is 24.5 Å².